The van der Waals surface area contributed by atoms with Crippen molar-refractivity contribution in [1.29, 1.82) is 0 Å². The summed E-state index contributed by atoms with van der Waals surface area (Å²) < 4.78 is 12.0. The second-order valence-electron chi connectivity index (χ2n) is 10.8. The highest BCUT2D eigenvalue weighted by Crippen LogP contribution is 2.30. The number of carbonyl (C=O) groups is 1. The van der Waals surface area contributed by atoms with Gasteiger partial charge in [-0.2, -0.15) is 0 Å². The van der Waals surface area contributed by atoms with Gasteiger partial charge in [0.2, 0.25) is 5.91 Å². The lowest BCUT2D eigenvalue weighted by Gasteiger charge is -2.30. The number of imidazole rings is 1. The van der Waals surface area contributed by atoms with Gasteiger partial charge in [-0.3, -0.25) is 4.79 Å². The highest BCUT2D eigenvalue weighted by atomic mass is 16.5. The molecule has 0 aliphatic heterocycles. The van der Waals surface area contributed by atoms with Crippen LogP contribution in [0.5, 0.6) is 11.5 Å². The van der Waals surface area contributed by atoms with Crippen LogP contribution in [0.1, 0.15) is 76.4 Å². The predicted octanol–water partition coefficient (Wildman–Crippen LogP) is 7.53. The minimum Gasteiger partial charge on any atom is -0.493 e. The molecule has 1 aromatic heterocycles. The van der Waals surface area contributed by atoms with Gasteiger partial charge in [0.15, 0.2) is 0 Å². The molecule has 0 aliphatic rings. The molecule has 1 atom stereocenters. The molecule has 0 spiro atoms. The lowest BCUT2D eigenvalue weighted by molar-refractivity contribution is -0.132. The molecule has 3 aromatic carbocycles. The Kier molecular flexibility index (Phi) is 11.8. The van der Waals surface area contributed by atoms with Gasteiger partial charge in [0.1, 0.15) is 23.9 Å². The van der Waals surface area contributed by atoms with E-state index in [0.717, 1.165) is 84.8 Å². The molecule has 0 fully saturated rings. The Morgan fingerprint density at radius 3 is 2.31 bits per heavy atom. The van der Waals surface area contributed by atoms with E-state index in [2.05, 4.69) is 42.8 Å². The number of ether oxygens (including phenoxy) is 2. The maximum absolute atomic E-state index is 13.0. The zero-order chi connectivity index (χ0) is 29.7. The summed E-state index contributed by atoms with van der Waals surface area (Å²) in [7, 11) is 0. The number of carbonyl (C=O) groups excluding carboxylic acids is 1. The van der Waals surface area contributed by atoms with Crippen molar-refractivity contribution in [3.05, 3.63) is 89.7 Å². The van der Waals surface area contributed by atoms with Gasteiger partial charge in [-0.25, -0.2) is 4.98 Å². The maximum atomic E-state index is 13.0. The molecule has 7 heteroatoms. The number of hydrogen-bond donors (Lipinski definition) is 1. The molecule has 0 saturated heterocycles. The van der Waals surface area contributed by atoms with E-state index in [9.17, 15) is 4.79 Å². The second kappa shape index (κ2) is 16.0. The zero-order valence-corrected chi connectivity index (χ0v) is 25.6. The van der Waals surface area contributed by atoms with Gasteiger partial charge >= 0.3 is 0 Å². The first-order valence-corrected chi connectivity index (χ1v) is 15.4. The second-order valence-corrected chi connectivity index (χ2v) is 10.8. The van der Waals surface area contributed by atoms with E-state index in [1.807, 2.05) is 65.6 Å². The highest BCUT2D eigenvalue weighted by Gasteiger charge is 2.26. The Morgan fingerprint density at radius 2 is 1.62 bits per heavy atom. The van der Waals surface area contributed by atoms with Crippen LogP contribution in [0.3, 0.4) is 0 Å². The van der Waals surface area contributed by atoms with Crippen LogP contribution in [0.25, 0.3) is 11.0 Å². The lowest BCUT2D eigenvalue weighted by Crippen LogP contribution is -2.33. The first kappa shape index (κ1) is 31.1. The smallest absolute Gasteiger partial charge is 0.220 e. The minimum absolute atomic E-state index is 0.0261. The van der Waals surface area contributed by atoms with E-state index in [-0.39, 0.29) is 11.9 Å². The summed E-state index contributed by atoms with van der Waals surface area (Å²) in [6.45, 7) is 13.0. The molecule has 4 rings (SSSR count). The van der Waals surface area contributed by atoms with Crippen LogP contribution in [-0.4, -0.2) is 51.9 Å². The van der Waals surface area contributed by atoms with Gasteiger partial charge in [-0.1, -0.05) is 76.1 Å². The van der Waals surface area contributed by atoms with Gasteiger partial charge in [0.25, 0.3) is 0 Å². The molecule has 1 N–H and O–H groups in total. The van der Waals surface area contributed by atoms with Crippen molar-refractivity contribution in [2.24, 2.45) is 0 Å². The Labute approximate surface area is 250 Å². The van der Waals surface area contributed by atoms with Crippen molar-refractivity contribution < 1.29 is 14.3 Å². The third-order valence-corrected chi connectivity index (χ3v) is 7.71. The number of aromatic amines is 1. The molecule has 1 amide bonds. The topological polar surface area (TPSA) is 70.7 Å². The van der Waals surface area contributed by atoms with Crippen LogP contribution in [0.15, 0.2) is 72.8 Å². The predicted molar refractivity (Wildman–Crippen MR) is 170 cm³/mol. The number of fused-ring (bicyclic) bond motifs is 1. The Morgan fingerprint density at radius 1 is 0.881 bits per heavy atom. The molecule has 224 valence electrons. The molecule has 7 nitrogen and oxygen atoms in total. The number of H-pyrrole nitrogens is 1. The molecule has 1 unspecified atom stereocenters. The third-order valence-electron chi connectivity index (χ3n) is 7.71. The lowest BCUT2D eigenvalue weighted by atomic mass is 10.1. The van der Waals surface area contributed by atoms with Crippen molar-refractivity contribution in [1.82, 2.24) is 19.8 Å². The Hall–Kier alpha value is -3.84. The molecule has 0 bridgehead atoms. The van der Waals surface area contributed by atoms with E-state index >= 15 is 0 Å². The van der Waals surface area contributed by atoms with E-state index in [0.29, 0.717) is 19.8 Å². The monoisotopic (exact) mass is 570 g/mol. The van der Waals surface area contributed by atoms with Gasteiger partial charge in [-0.05, 0) is 61.3 Å². The van der Waals surface area contributed by atoms with Crippen LogP contribution in [-0.2, 0) is 17.9 Å². The SMILES string of the molecule is CCCCC(c1nc2ccc(OCCCN(CC)CC)cc2[nH]1)N(Cc1ccc(OCc2ccccc2)cc1)C(C)=O. The number of rotatable bonds is 17. The Balaban J connectivity index is 1.45. The number of nitrogens with zero attached hydrogens (tertiary/aromatic N) is 3. The average Bonchev–Trinajstić information content (AvgIpc) is 3.44. The zero-order valence-electron chi connectivity index (χ0n) is 25.6. The van der Waals surface area contributed by atoms with E-state index in [4.69, 9.17) is 14.5 Å². The summed E-state index contributed by atoms with van der Waals surface area (Å²) in [5.41, 5.74) is 3.99. The molecule has 0 saturated carbocycles. The fourth-order valence-corrected chi connectivity index (χ4v) is 5.18. The Bertz CT molecular complexity index is 1370. The van der Waals surface area contributed by atoms with Gasteiger partial charge < -0.3 is 24.3 Å². The minimum atomic E-state index is -0.151. The van der Waals surface area contributed by atoms with Crippen molar-refractivity contribution in [3.8, 4) is 11.5 Å². The van der Waals surface area contributed by atoms with E-state index in [1.165, 1.54) is 0 Å². The normalized spacial score (nSPS) is 12.0. The van der Waals surface area contributed by atoms with Crippen LogP contribution in [0.4, 0.5) is 0 Å². The molecule has 0 radical (unpaired) electrons. The molecule has 1 heterocycles. The van der Waals surface area contributed by atoms with Crippen LogP contribution < -0.4 is 9.47 Å². The quantitative estimate of drug-likeness (QED) is 0.133. The highest BCUT2D eigenvalue weighted by molar-refractivity contribution is 5.77. The number of aromatic nitrogens is 2. The van der Waals surface area contributed by atoms with Crippen molar-refractivity contribution in [2.45, 2.75) is 72.6 Å². The number of nitrogens with one attached hydrogen (secondary N) is 1. The van der Waals surface area contributed by atoms with Crippen LogP contribution >= 0.6 is 0 Å². The number of hydrogen-bond acceptors (Lipinski definition) is 5. The summed E-state index contributed by atoms with van der Waals surface area (Å²) in [5.74, 6) is 2.48. The fraction of sp³-hybridized carbons (Fsp3) is 0.429. The summed E-state index contributed by atoms with van der Waals surface area (Å²) >= 11 is 0. The van der Waals surface area contributed by atoms with Crippen LogP contribution in [0, 0.1) is 0 Å². The first-order chi connectivity index (χ1) is 20.5. The molecular formula is C35H46N4O3. The van der Waals surface area contributed by atoms with Gasteiger partial charge in [0.05, 0.1) is 23.7 Å². The maximum Gasteiger partial charge on any atom is 0.220 e. The van der Waals surface area contributed by atoms with Crippen molar-refractivity contribution in [3.63, 3.8) is 0 Å². The van der Waals surface area contributed by atoms with Crippen LogP contribution in [0.2, 0.25) is 0 Å². The number of unbranched alkanes of at least 4 members (excludes halogenated alkanes) is 1. The molecule has 0 aliphatic carbocycles. The number of benzene rings is 3. The average molecular weight is 571 g/mol. The summed E-state index contributed by atoms with van der Waals surface area (Å²) in [6.07, 6.45) is 3.86. The fourth-order valence-electron chi connectivity index (χ4n) is 5.18. The first-order valence-electron chi connectivity index (χ1n) is 15.4. The summed E-state index contributed by atoms with van der Waals surface area (Å²) in [6, 6.07) is 24.0. The molecular weight excluding hydrogens is 524 g/mol. The van der Waals surface area contributed by atoms with Crippen molar-refractivity contribution >= 4 is 16.9 Å². The molecule has 42 heavy (non-hydrogen) atoms. The summed E-state index contributed by atoms with van der Waals surface area (Å²) in [5, 5.41) is 0. The van der Waals surface area contributed by atoms with E-state index < -0.39 is 0 Å². The molecule has 4 aromatic rings. The summed E-state index contributed by atoms with van der Waals surface area (Å²) in [4.78, 5) is 25.8. The van der Waals surface area contributed by atoms with Gasteiger partial charge in [0, 0.05) is 26.1 Å². The van der Waals surface area contributed by atoms with Gasteiger partial charge in [-0.15, -0.1) is 0 Å². The standard InChI is InChI=1S/C35H46N4O3/c1-5-8-15-34(35-36-32-21-20-31(24-33(32)37-35)41-23-12-22-38(6-2)7-3)39(27(4)40)25-28-16-18-30(19-17-28)42-26-29-13-10-9-11-14-29/h9-11,13-14,16-21,24,34H,5-8,12,15,22-23,25-26H2,1-4H3,(H,36,37). The largest absolute Gasteiger partial charge is 0.493 e. The van der Waals surface area contributed by atoms with E-state index in [1.54, 1.807) is 6.92 Å². The number of amides is 1. The third kappa shape index (κ3) is 8.83. The van der Waals surface area contributed by atoms with Crippen molar-refractivity contribution in [2.75, 3.05) is 26.2 Å².